The molecule has 0 fully saturated rings. The summed E-state index contributed by atoms with van der Waals surface area (Å²) in [7, 11) is -2.18. The number of carbonyl (C=O) groups excluding carboxylic acids is 1. The molecule has 0 aliphatic rings. The first kappa shape index (κ1) is 23.1. The van der Waals surface area contributed by atoms with Crippen LogP contribution in [-0.4, -0.2) is 46.5 Å². The van der Waals surface area contributed by atoms with E-state index in [0.717, 1.165) is 27.6 Å². The number of nitrogens with zero attached hydrogens (tertiary/aromatic N) is 1. The van der Waals surface area contributed by atoms with Gasteiger partial charge in [-0.2, -0.15) is 11.8 Å². The van der Waals surface area contributed by atoms with E-state index in [2.05, 4.69) is 30.4 Å². The summed E-state index contributed by atoms with van der Waals surface area (Å²) >= 11 is 1.72. The first-order valence-electron chi connectivity index (χ1n) is 9.23. The molecule has 29 heavy (non-hydrogen) atoms. The summed E-state index contributed by atoms with van der Waals surface area (Å²) in [6.45, 7) is 4.10. The summed E-state index contributed by atoms with van der Waals surface area (Å²) in [5.41, 5.74) is 3.71. The first-order valence-corrected chi connectivity index (χ1v) is 12.2. The zero-order chi connectivity index (χ0) is 21.4. The summed E-state index contributed by atoms with van der Waals surface area (Å²) in [6, 6.07) is 13.5. The normalized spacial score (nSPS) is 11.2. The van der Waals surface area contributed by atoms with Crippen molar-refractivity contribution in [3.8, 4) is 5.75 Å². The van der Waals surface area contributed by atoms with Gasteiger partial charge in [-0.05, 0) is 37.1 Å². The number of rotatable bonds is 10. The molecule has 1 amide bonds. The van der Waals surface area contributed by atoms with Crippen molar-refractivity contribution in [1.82, 2.24) is 5.32 Å². The van der Waals surface area contributed by atoms with Crippen LogP contribution in [0.2, 0.25) is 0 Å². The van der Waals surface area contributed by atoms with Crippen molar-refractivity contribution < 1.29 is 17.9 Å². The van der Waals surface area contributed by atoms with Crippen molar-refractivity contribution >= 4 is 33.4 Å². The number of hydrogen-bond donors (Lipinski definition) is 1. The van der Waals surface area contributed by atoms with Crippen LogP contribution in [0, 0.1) is 13.8 Å². The van der Waals surface area contributed by atoms with Crippen LogP contribution < -0.4 is 14.4 Å². The molecule has 2 aromatic rings. The molecule has 158 valence electrons. The van der Waals surface area contributed by atoms with Gasteiger partial charge in [-0.1, -0.05) is 35.9 Å². The minimum atomic E-state index is -3.65. The molecule has 0 radical (unpaired) electrons. The molecule has 0 atom stereocenters. The van der Waals surface area contributed by atoms with Crippen molar-refractivity contribution in [3.63, 3.8) is 0 Å². The molecule has 6 nitrogen and oxygen atoms in total. The minimum absolute atomic E-state index is 0.290. The van der Waals surface area contributed by atoms with E-state index in [-0.39, 0.29) is 12.5 Å². The molecule has 0 saturated heterocycles. The van der Waals surface area contributed by atoms with Crippen molar-refractivity contribution in [2.75, 3.05) is 36.5 Å². The number of sulfonamides is 1. The Morgan fingerprint density at radius 1 is 1.14 bits per heavy atom. The van der Waals surface area contributed by atoms with Crippen molar-refractivity contribution in [2.45, 2.75) is 19.6 Å². The Morgan fingerprint density at radius 2 is 1.86 bits per heavy atom. The predicted molar refractivity (Wildman–Crippen MR) is 120 cm³/mol. The number of ether oxygens (including phenoxy) is 1. The maximum Gasteiger partial charge on any atom is 0.240 e. The number of anilines is 1. The summed E-state index contributed by atoms with van der Waals surface area (Å²) < 4.78 is 30.9. The van der Waals surface area contributed by atoms with E-state index in [1.165, 1.54) is 18.2 Å². The number of aryl methyl sites for hydroxylation is 2. The Labute approximate surface area is 177 Å². The van der Waals surface area contributed by atoms with Gasteiger partial charge in [0.25, 0.3) is 0 Å². The molecule has 2 aromatic carbocycles. The predicted octanol–water partition coefficient (Wildman–Crippen LogP) is 3.13. The van der Waals surface area contributed by atoms with Gasteiger partial charge in [-0.25, -0.2) is 8.42 Å². The Hall–Kier alpha value is -2.19. The fraction of sp³-hybridized carbons (Fsp3) is 0.381. The molecule has 0 heterocycles. The van der Waals surface area contributed by atoms with Gasteiger partial charge in [0.05, 0.1) is 19.1 Å². The smallest absolute Gasteiger partial charge is 0.240 e. The Kier molecular flexibility index (Phi) is 8.40. The molecule has 0 spiro atoms. The number of amides is 1. The van der Waals surface area contributed by atoms with Crippen molar-refractivity contribution in [2.24, 2.45) is 0 Å². The van der Waals surface area contributed by atoms with E-state index in [9.17, 15) is 13.2 Å². The Balaban J connectivity index is 1.91. The zero-order valence-corrected chi connectivity index (χ0v) is 18.9. The molecule has 2 rings (SSSR count). The lowest BCUT2D eigenvalue weighted by atomic mass is 10.2. The maximum absolute atomic E-state index is 12.4. The number of nitrogens with one attached hydrogen (secondary N) is 1. The highest BCUT2D eigenvalue weighted by Gasteiger charge is 2.24. The summed E-state index contributed by atoms with van der Waals surface area (Å²) in [5, 5.41) is 2.80. The van der Waals surface area contributed by atoms with Crippen LogP contribution in [0.4, 0.5) is 5.69 Å². The van der Waals surface area contributed by atoms with Crippen LogP contribution in [0.25, 0.3) is 0 Å². The molecule has 0 aromatic heterocycles. The highest BCUT2D eigenvalue weighted by molar-refractivity contribution is 7.98. The van der Waals surface area contributed by atoms with E-state index in [1.54, 1.807) is 23.9 Å². The van der Waals surface area contributed by atoms with E-state index in [4.69, 9.17) is 4.74 Å². The molecule has 0 bridgehead atoms. The van der Waals surface area contributed by atoms with Crippen LogP contribution in [0.15, 0.2) is 42.5 Å². The molecular formula is C21H28N2O4S2. The van der Waals surface area contributed by atoms with Gasteiger partial charge in [-0.3, -0.25) is 9.10 Å². The van der Waals surface area contributed by atoms with E-state index < -0.39 is 10.0 Å². The highest BCUT2D eigenvalue weighted by Crippen LogP contribution is 2.30. The summed E-state index contributed by atoms with van der Waals surface area (Å²) in [6.07, 6.45) is 1.08. The molecule has 0 unspecified atom stereocenters. The minimum Gasteiger partial charge on any atom is -0.495 e. The van der Waals surface area contributed by atoms with Gasteiger partial charge >= 0.3 is 0 Å². The van der Waals surface area contributed by atoms with Crippen molar-refractivity contribution in [1.29, 1.82) is 0 Å². The van der Waals surface area contributed by atoms with Crippen LogP contribution in [-0.2, 0) is 20.6 Å². The molecule has 0 aliphatic carbocycles. The lowest BCUT2D eigenvalue weighted by Crippen LogP contribution is -2.41. The van der Waals surface area contributed by atoms with E-state index in [1.807, 2.05) is 19.1 Å². The zero-order valence-electron chi connectivity index (χ0n) is 17.3. The number of methoxy groups -OCH3 is 1. The largest absolute Gasteiger partial charge is 0.495 e. The maximum atomic E-state index is 12.4. The van der Waals surface area contributed by atoms with Gasteiger partial charge < -0.3 is 10.1 Å². The third-order valence-corrected chi connectivity index (χ3v) is 6.37. The molecule has 8 heteroatoms. The third-order valence-electron chi connectivity index (χ3n) is 4.21. The van der Waals surface area contributed by atoms with Gasteiger partial charge in [-0.15, -0.1) is 0 Å². The fourth-order valence-corrected chi connectivity index (χ4v) is 4.47. The number of benzene rings is 2. The number of carbonyl (C=O) groups is 1. The topological polar surface area (TPSA) is 75.7 Å². The number of thioether (sulfide) groups is 1. The van der Waals surface area contributed by atoms with Crippen molar-refractivity contribution in [3.05, 3.63) is 59.2 Å². The van der Waals surface area contributed by atoms with Crippen LogP contribution >= 0.6 is 11.8 Å². The van der Waals surface area contributed by atoms with Crippen LogP contribution in [0.3, 0.4) is 0 Å². The Morgan fingerprint density at radius 3 is 2.52 bits per heavy atom. The van der Waals surface area contributed by atoms with E-state index in [0.29, 0.717) is 18.0 Å². The third kappa shape index (κ3) is 7.29. The van der Waals surface area contributed by atoms with Gasteiger partial charge in [0.2, 0.25) is 15.9 Å². The van der Waals surface area contributed by atoms with Crippen LogP contribution in [0.1, 0.15) is 16.7 Å². The molecular weight excluding hydrogens is 408 g/mol. The SMILES string of the molecule is COc1ccc(C)cc1N(CC(=O)NCCSCc1cccc(C)c1)S(C)(=O)=O. The van der Waals surface area contributed by atoms with E-state index >= 15 is 0 Å². The second-order valence-corrected chi connectivity index (χ2v) is 9.85. The lowest BCUT2D eigenvalue weighted by molar-refractivity contribution is -0.119. The van der Waals surface area contributed by atoms with Gasteiger partial charge in [0.1, 0.15) is 12.3 Å². The first-order chi connectivity index (χ1) is 13.7. The molecule has 1 N–H and O–H groups in total. The fourth-order valence-electron chi connectivity index (χ4n) is 2.82. The number of hydrogen-bond acceptors (Lipinski definition) is 5. The standard InChI is InChI=1S/C21H28N2O4S2/c1-16-6-5-7-18(12-16)15-28-11-10-22-21(24)14-23(29(4,25)26)19-13-17(2)8-9-20(19)27-3/h5-9,12-13H,10-11,14-15H2,1-4H3,(H,22,24). The average Bonchev–Trinajstić information content (AvgIpc) is 2.65. The second-order valence-electron chi connectivity index (χ2n) is 6.84. The molecule has 0 aliphatic heterocycles. The summed E-state index contributed by atoms with van der Waals surface area (Å²) in [5.74, 6) is 1.66. The quantitative estimate of drug-likeness (QED) is 0.579. The lowest BCUT2D eigenvalue weighted by Gasteiger charge is -2.24. The summed E-state index contributed by atoms with van der Waals surface area (Å²) in [4.78, 5) is 12.4. The second kappa shape index (κ2) is 10.5. The Bertz CT molecular complexity index is 945. The average molecular weight is 437 g/mol. The monoisotopic (exact) mass is 436 g/mol. The van der Waals surface area contributed by atoms with Gasteiger partial charge in [0.15, 0.2) is 0 Å². The molecule has 0 saturated carbocycles. The van der Waals surface area contributed by atoms with Gasteiger partial charge in [0, 0.05) is 18.1 Å². The van der Waals surface area contributed by atoms with Crippen LogP contribution in [0.5, 0.6) is 5.75 Å². The highest BCUT2D eigenvalue weighted by atomic mass is 32.2.